The summed E-state index contributed by atoms with van der Waals surface area (Å²) in [6.45, 7) is 4.32. The molecule has 0 N–H and O–H groups in total. The molecule has 2 unspecified atom stereocenters. The lowest BCUT2D eigenvalue weighted by Gasteiger charge is -2.33. The lowest BCUT2D eigenvalue weighted by atomic mass is 9.69. The lowest BCUT2D eigenvalue weighted by Crippen LogP contribution is -2.29. The molecule has 3 aliphatic rings. The summed E-state index contributed by atoms with van der Waals surface area (Å²) in [6.07, 6.45) is 9.55. The van der Waals surface area contributed by atoms with E-state index in [0.29, 0.717) is 0 Å². The lowest BCUT2D eigenvalue weighted by molar-refractivity contribution is 0.785. The molecule has 0 radical (unpaired) electrons. The van der Waals surface area contributed by atoms with E-state index < -0.39 is 5.41 Å². The van der Waals surface area contributed by atoms with Crippen molar-refractivity contribution in [3.8, 4) is 11.1 Å². The van der Waals surface area contributed by atoms with E-state index in [-0.39, 0.29) is 6.04 Å². The number of rotatable bonds is 6. The predicted molar refractivity (Wildman–Crippen MR) is 224 cm³/mol. The molecule has 3 aliphatic carbocycles. The highest BCUT2D eigenvalue weighted by molar-refractivity contribution is 5.99. The van der Waals surface area contributed by atoms with E-state index >= 15 is 0 Å². The van der Waals surface area contributed by atoms with Crippen molar-refractivity contribution in [3.63, 3.8) is 0 Å². The molecule has 2 nitrogen and oxygen atoms in total. The topological polar surface area (TPSA) is 6.48 Å². The average Bonchev–Trinajstić information content (AvgIpc) is 3.54. The Bertz CT molecular complexity index is 2600. The molecule has 0 bridgehead atoms. The zero-order valence-electron chi connectivity index (χ0n) is 30.4. The Hall–Kier alpha value is -6.82. The van der Waals surface area contributed by atoms with Gasteiger partial charge in [-0.2, -0.15) is 0 Å². The molecule has 54 heavy (non-hydrogen) atoms. The highest BCUT2D eigenvalue weighted by Gasteiger charge is 2.52. The van der Waals surface area contributed by atoms with Gasteiger partial charge < -0.3 is 9.80 Å². The maximum absolute atomic E-state index is 3.69. The first-order valence-electron chi connectivity index (χ1n) is 18.7. The summed E-state index contributed by atoms with van der Waals surface area (Å²) in [5, 5.41) is 0. The third-order valence-electron chi connectivity index (χ3n) is 11.3. The number of para-hydroxylation sites is 2. The third-order valence-corrected chi connectivity index (χ3v) is 11.3. The number of aryl methyl sites for hydroxylation is 2. The van der Waals surface area contributed by atoms with Gasteiger partial charge in [0, 0.05) is 34.0 Å². The largest absolute Gasteiger partial charge is 0.331 e. The Balaban J connectivity index is 1.20. The second-order valence-corrected chi connectivity index (χ2v) is 14.5. The van der Waals surface area contributed by atoms with Crippen LogP contribution in [0.1, 0.15) is 33.4 Å². The summed E-state index contributed by atoms with van der Waals surface area (Å²) in [7, 11) is 0. The Kier molecular flexibility index (Phi) is 7.49. The fourth-order valence-electron chi connectivity index (χ4n) is 9.03. The Labute approximate surface area is 318 Å². The second-order valence-electron chi connectivity index (χ2n) is 14.5. The molecule has 7 aromatic carbocycles. The summed E-state index contributed by atoms with van der Waals surface area (Å²) >= 11 is 0. The molecule has 2 atom stereocenters. The van der Waals surface area contributed by atoms with Crippen LogP contribution in [0.5, 0.6) is 0 Å². The number of fused-ring (bicyclic) bond motifs is 9. The van der Waals surface area contributed by atoms with Gasteiger partial charge in [-0.25, -0.2) is 0 Å². The minimum Gasteiger partial charge on any atom is -0.331 e. The highest BCUT2D eigenvalue weighted by Crippen LogP contribution is 2.62. The monoisotopic (exact) mass is 690 g/mol. The van der Waals surface area contributed by atoms with Crippen LogP contribution in [0.25, 0.3) is 16.7 Å². The SMILES string of the molecule is Cc1cccc(N(c2ccccc2)c2ccc3c(c2)C2(C4=C3C=CC(N(c3ccccc3)c3cccc(C)c3)C=C4)c3c#cccc3-c3ccccc32)c1. The van der Waals surface area contributed by atoms with Crippen LogP contribution >= 0.6 is 0 Å². The molecule has 2 heteroatoms. The fourth-order valence-corrected chi connectivity index (χ4v) is 9.03. The summed E-state index contributed by atoms with van der Waals surface area (Å²) in [4.78, 5) is 4.82. The van der Waals surface area contributed by atoms with E-state index in [2.05, 4.69) is 218 Å². The molecule has 1 spiro atoms. The maximum Gasteiger partial charge on any atom is 0.0805 e. The van der Waals surface area contributed by atoms with E-state index in [1.165, 1.54) is 55.8 Å². The van der Waals surface area contributed by atoms with Crippen molar-refractivity contribution in [2.24, 2.45) is 0 Å². The van der Waals surface area contributed by atoms with Gasteiger partial charge in [0.25, 0.3) is 0 Å². The van der Waals surface area contributed by atoms with Crippen molar-refractivity contribution >= 4 is 34.0 Å². The van der Waals surface area contributed by atoms with Crippen LogP contribution in [-0.2, 0) is 5.41 Å². The van der Waals surface area contributed by atoms with E-state index in [4.69, 9.17) is 0 Å². The highest BCUT2D eigenvalue weighted by atomic mass is 15.2. The number of benzene rings is 6. The van der Waals surface area contributed by atoms with Gasteiger partial charge >= 0.3 is 0 Å². The standard InChI is InChI=1S/C52H38N2/c1-36-15-13-21-41(33-36)53(38-17-5-3-6-18-38)40-27-30-46-47-31-28-43(54(39-19-7-4-8-20-39)42-22-14-16-37(2)34-42)35-51(47)52(50(46)32-29-40)48-25-11-9-23-44(48)45-24-10-12-26-49(45)52/h3-11,13-25,27-35,40H,1-2H3. The van der Waals surface area contributed by atoms with Gasteiger partial charge in [-0.15, -0.1) is 0 Å². The molecular formula is C52H38N2. The van der Waals surface area contributed by atoms with Crippen molar-refractivity contribution in [2.75, 3.05) is 9.80 Å². The molecule has 0 amide bonds. The number of allylic oxidation sites excluding steroid dienone is 4. The van der Waals surface area contributed by atoms with Gasteiger partial charge in [0.15, 0.2) is 0 Å². The number of hydrogen-bond acceptors (Lipinski definition) is 2. The average molecular weight is 691 g/mol. The molecule has 10 rings (SSSR count). The minimum absolute atomic E-state index is 0.0168. The minimum atomic E-state index is -0.573. The molecule has 0 aromatic heterocycles. The normalized spacial score (nSPS) is 15.6. The molecule has 0 heterocycles. The summed E-state index contributed by atoms with van der Waals surface area (Å²) in [5.41, 5.74) is 17.5. The molecule has 0 aliphatic heterocycles. The summed E-state index contributed by atoms with van der Waals surface area (Å²) < 4.78 is 0. The molecule has 0 saturated heterocycles. The van der Waals surface area contributed by atoms with Crippen molar-refractivity contribution < 1.29 is 0 Å². The smallest absolute Gasteiger partial charge is 0.0805 e. The van der Waals surface area contributed by atoms with Gasteiger partial charge in [0.2, 0.25) is 0 Å². The van der Waals surface area contributed by atoms with Gasteiger partial charge in [-0.3, -0.25) is 0 Å². The Morgan fingerprint density at radius 3 is 1.93 bits per heavy atom. The van der Waals surface area contributed by atoms with Crippen molar-refractivity contribution in [2.45, 2.75) is 25.3 Å². The number of anilines is 5. The Morgan fingerprint density at radius 1 is 0.500 bits per heavy atom. The van der Waals surface area contributed by atoms with Gasteiger partial charge in [0.1, 0.15) is 0 Å². The zero-order chi connectivity index (χ0) is 36.2. The first-order chi connectivity index (χ1) is 26.6. The van der Waals surface area contributed by atoms with Crippen LogP contribution in [0.3, 0.4) is 0 Å². The molecule has 0 fully saturated rings. The van der Waals surface area contributed by atoms with Crippen LogP contribution in [0.2, 0.25) is 0 Å². The fraction of sp³-hybridized carbons (Fsp3) is 0.0769. The van der Waals surface area contributed by atoms with Crippen molar-refractivity contribution in [3.05, 3.63) is 239 Å². The van der Waals surface area contributed by atoms with E-state index in [1.807, 2.05) is 6.07 Å². The van der Waals surface area contributed by atoms with E-state index in [0.717, 1.165) is 28.3 Å². The van der Waals surface area contributed by atoms with Crippen LogP contribution in [0.4, 0.5) is 28.4 Å². The van der Waals surface area contributed by atoms with E-state index in [1.54, 1.807) is 0 Å². The van der Waals surface area contributed by atoms with Crippen LogP contribution in [0.15, 0.2) is 194 Å². The zero-order valence-corrected chi connectivity index (χ0v) is 30.4. The first kappa shape index (κ1) is 31.9. The molecule has 0 saturated carbocycles. The van der Waals surface area contributed by atoms with Crippen molar-refractivity contribution in [1.82, 2.24) is 0 Å². The van der Waals surface area contributed by atoms with Crippen LogP contribution in [-0.4, -0.2) is 6.04 Å². The maximum atomic E-state index is 3.69. The third kappa shape index (κ3) is 4.90. The van der Waals surface area contributed by atoms with Gasteiger partial charge in [0.05, 0.1) is 11.5 Å². The quantitative estimate of drug-likeness (QED) is 0.171. The predicted octanol–water partition coefficient (Wildman–Crippen LogP) is 12.8. The van der Waals surface area contributed by atoms with Crippen LogP contribution in [0, 0.1) is 26.0 Å². The van der Waals surface area contributed by atoms with Gasteiger partial charge in [-0.05, 0) is 137 Å². The number of nitrogens with zero attached hydrogens (tertiary/aromatic N) is 2. The van der Waals surface area contributed by atoms with Crippen LogP contribution < -0.4 is 9.80 Å². The molecule has 256 valence electrons. The first-order valence-corrected chi connectivity index (χ1v) is 18.7. The van der Waals surface area contributed by atoms with Gasteiger partial charge in [-0.1, -0.05) is 127 Å². The summed E-state index contributed by atoms with van der Waals surface area (Å²) in [6, 6.07) is 66.4. The van der Waals surface area contributed by atoms with Crippen molar-refractivity contribution in [1.29, 1.82) is 0 Å². The molecular weight excluding hydrogens is 653 g/mol. The second kappa shape index (κ2) is 12.7. The van der Waals surface area contributed by atoms with E-state index in [9.17, 15) is 0 Å². The number of hydrogen-bond donors (Lipinski definition) is 0. The Morgan fingerprint density at radius 2 is 1.15 bits per heavy atom. The molecule has 7 aromatic rings. The summed E-state index contributed by atoms with van der Waals surface area (Å²) in [5.74, 6) is 0.